The third-order valence-corrected chi connectivity index (χ3v) is 2.90. The van der Waals surface area contributed by atoms with Crippen LogP contribution in [0.25, 0.3) is 0 Å². The summed E-state index contributed by atoms with van der Waals surface area (Å²) in [7, 11) is 0. The van der Waals surface area contributed by atoms with E-state index >= 15 is 0 Å². The first-order valence-corrected chi connectivity index (χ1v) is 5.27. The quantitative estimate of drug-likeness (QED) is 0.344. The summed E-state index contributed by atoms with van der Waals surface area (Å²) in [6.45, 7) is 1.17. The molecule has 0 aliphatic carbocycles. The Labute approximate surface area is 89.7 Å². The first kappa shape index (κ1) is 12.1. The fraction of sp³-hybridized carbons (Fsp3) is 0.300. The number of aldehydes is 1. The average molecular weight is 234 g/mol. The number of carbonyl (C=O) groups excluding carboxylic acids is 1. The van der Waals surface area contributed by atoms with E-state index in [1.807, 2.05) is 0 Å². The number of rotatable bonds is 4. The number of hydrogen-bond acceptors (Lipinski definition) is 2. The monoisotopic (exact) mass is 234 g/mol. The van der Waals surface area contributed by atoms with Crippen LogP contribution in [0.5, 0.6) is 0 Å². The van der Waals surface area contributed by atoms with Crippen LogP contribution in [-0.2, 0) is 4.79 Å². The molecule has 0 unspecified atom stereocenters. The largest absolute Gasteiger partial charge is 0.303 e. The molecule has 0 aliphatic heterocycles. The van der Waals surface area contributed by atoms with E-state index in [0.29, 0.717) is 12.0 Å². The van der Waals surface area contributed by atoms with Gasteiger partial charge in [0.1, 0.15) is 12.1 Å². The van der Waals surface area contributed by atoms with Crippen molar-refractivity contribution < 1.29 is 18.0 Å². The maximum Gasteiger partial charge on any atom is 0.172 e. The number of halogens is 3. The third kappa shape index (κ3) is 2.75. The molecule has 0 radical (unpaired) electrons. The van der Waals surface area contributed by atoms with Gasteiger partial charge in [-0.3, -0.25) is 0 Å². The molecule has 0 N–H and O–H groups in total. The molecule has 15 heavy (non-hydrogen) atoms. The highest BCUT2D eigenvalue weighted by Gasteiger charge is 2.15. The Hall–Kier alpha value is -0.970. The summed E-state index contributed by atoms with van der Waals surface area (Å²) in [4.78, 5) is 9.91. The van der Waals surface area contributed by atoms with Crippen molar-refractivity contribution in [3.05, 3.63) is 29.1 Å². The van der Waals surface area contributed by atoms with Crippen LogP contribution in [0.15, 0.2) is 11.0 Å². The highest BCUT2D eigenvalue weighted by Crippen LogP contribution is 2.27. The molecular weight excluding hydrogens is 225 g/mol. The van der Waals surface area contributed by atoms with Gasteiger partial charge in [-0.25, -0.2) is 13.2 Å². The zero-order valence-corrected chi connectivity index (χ0v) is 8.84. The van der Waals surface area contributed by atoms with Crippen molar-refractivity contribution in [1.82, 2.24) is 0 Å². The topological polar surface area (TPSA) is 17.1 Å². The van der Waals surface area contributed by atoms with Crippen LogP contribution in [-0.4, -0.2) is 12.0 Å². The predicted molar refractivity (Wildman–Crippen MR) is 52.5 cm³/mol. The first-order chi connectivity index (χ1) is 7.07. The molecule has 0 aliphatic rings. The molecule has 1 rings (SSSR count). The Balaban J connectivity index is 2.93. The van der Waals surface area contributed by atoms with Gasteiger partial charge in [0, 0.05) is 22.6 Å². The van der Waals surface area contributed by atoms with Gasteiger partial charge >= 0.3 is 0 Å². The minimum atomic E-state index is -1.16. The zero-order chi connectivity index (χ0) is 11.4. The molecule has 0 saturated carbocycles. The lowest BCUT2D eigenvalue weighted by Gasteiger charge is -2.05. The van der Waals surface area contributed by atoms with Gasteiger partial charge in [0.2, 0.25) is 0 Å². The second-order valence-electron chi connectivity index (χ2n) is 2.91. The van der Waals surface area contributed by atoms with E-state index in [9.17, 15) is 18.0 Å². The lowest BCUT2D eigenvalue weighted by molar-refractivity contribution is -0.107. The molecule has 1 nitrogen and oxygen atoms in total. The summed E-state index contributed by atoms with van der Waals surface area (Å²) in [6.07, 6.45) is 0.896. The maximum absolute atomic E-state index is 13.2. The smallest absolute Gasteiger partial charge is 0.172 e. The number of hydrogen-bond donors (Lipinski definition) is 0. The van der Waals surface area contributed by atoms with E-state index in [4.69, 9.17) is 0 Å². The Kier molecular flexibility index (Phi) is 4.20. The fourth-order valence-corrected chi connectivity index (χ4v) is 1.82. The number of thioether (sulfide) groups is 1. The van der Waals surface area contributed by atoms with Crippen molar-refractivity contribution in [1.29, 1.82) is 0 Å². The van der Waals surface area contributed by atoms with Crippen LogP contribution < -0.4 is 0 Å². The van der Waals surface area contributed by atoms with Crippen molar-refractivity contribution in [2.45, 2.75) is 18.2 Å². The summed E-state index contributed by atoms with van der Waals surface area (Å²) >= 11 is 0.922. The number of benzene rings is 1. The highest BCUT2D eigenvalue weighted by molar-refractivity contribution is 7.99. The molecule has 0 fully saturated rings. The third-order valence-electron chi connectivity index (χ3n) is 1.85. The van der Waals surface area contributed by atoms with Crippen LogP contribution in [0.4, 0.5) is 13.2 Å². The van der Waals surface area contributed by atoms with Crippen molar-refractivity contribution >= 4 is 18.0 Å². The van der Waals surface area contributed by atoms with Gasteiger partial charge < -0.3 is 4.79 Å². The summed E-state index contributed by atoms with van der Waals surface area (Å²) in [5.41, 5.74) is -0.327. The molecule has 0 bridgehead atoms. The van der Waals surface area contributed by atoms with Crippen molar-refractivity contribution in [3.63, 3.8) is 0 Å². The van der Waals surface area contributed by atoms with Gasteiger partial charge in [-0.05, 0) is 13.0 Å². The molecule has 1 aromatic rings. The molecule has 82 valence electrons. The van der Waals surface area contributed by atoms with E-state index in [0.717, 1.165) is 17.8 Å². The maximum atomic E-state index is 13.2. The normalized spacial score (nSPS) is 10.4. The number of carbonyl (C=O) groups is 1. The molecule has 1 aromatic carbocycles. The summed E-state index contributed by atoms with van der Waals surface area (Å²) in [5, 5.41) is 0. The molecule has 0 spiro atoms. The van der Waals surface area contributed by atoms with Crippen molar-refractivity contribution in [2.75, 3.05) is 5.75 Å². The highest BCUT2D eigenvalue weighted by atomic mass is 32.2. The molecule has 5 heteroatoms. The molecule has 0 heterocycles. The van der Waals surface area contributed by atoms with Gasteiger partial charge in [-0.15, -0.1) is 11.8 Å². The molecule has 0 atom stereocenters. The summed E-state index contributed by atoms with van der Waals surface area (Å²) in [6, 6.07) is 0.948. The Morgan fingerprint density at radius 2 is 2.00 bits per heavy atom. The Morgan fingerprint density at radius 3 is 2.60 bits per heavy atom. The van der Waals surface area contributed by atoms with Gasteiger partial charge in [-0.1, -0.05) is 0 Å². The van der Waals surface area contributed by atoms with Crippen LogP contribution in [0.1, 0.15) is 12.0 Å². The van der Waals surface area contributed by atoms with E-state index in [1.165, 1.54) is 6.92 Å². The molecule has 0 aromatic heterocycles. The fourth-order valence-electron chi connectivity index (χ4n) is 0.986. The Bertz CT molecular complexity index is 379. The second kappa shape index (κ2) is 5.21. The van der Waals surface area contributed by atoms with Gasteiger partial charge in [0.25, 0.3) is 0 Å². The summed E-state index contributed by atoms with van der Waals surface area (Å²) in [5.74, 6) is -2.68. The van der Waals surface area contributed by atoms with Crippen LogP contribution >= 0.6 is 11.8 Å². The van der Waals surface area contributed by atoms with E-state index < -0.39 is 17.5 Å². The standard InChI is InChI=1S/C10H9F3OS/c1-6-7(11)5-8(10(13)9(6)12)15-4-2-3-14/h3,5H,2,4H2,1H3. The lowest BCUT2D eigenvalue weighted by atomic mass is 10.2. The molecule has 0 saturated heterocycles. The first-order valence-electron chi connectivity index (χ1n) is 4.28. The zero-order valence-electron chi connectivity index (χ0n) is 8.02. The average Bonchev–Trinajstić information content (AvgIpc) is 2.23. The van der Waals surface area contributed by atoms with E-state index in [1.54, 1.807) is 0 Å². The van der Waals surface area contributed by atoms with Crippen molar-refractivity contribution in [3.8, 4) is 0 Å². The molecule has 0 amide bonds. The molecular formula is C10H9F3OS. The predicted octanol–water partition coefficient (Wildman–Crippen LogP) is 3.09. The van der Waals surface area contributed by atoms with Crippen LogP contribution in [0.3, 0.4) is 0 Å². The van der Waals surface area contributed by atoms with Crippen LogP contribution in [0, 0.1) is 24.4 Å². The summed E-state index contributed by atoms with van der Waals surface area (Å²) < 4.78 is 39.3. The minimum absolute atomic E-state index is 0.0996. The second-order valence-corrected chi connectivity index (χ2v) is 4.05. The van der Waals surface area contributed by atoms with Gasteiger partial charge in [-0.2, -0.15) is 0 Å². The Morgan fingerprint density at radius 1 is 1.33 bits per heavy atom. The lowest BCUT2D eigenvalue weighted by Crippen LogP contribution is -1.97. The van der Waals surface area contributed by atoms with E-state index in [-0.39, 0.29) is 16.9 Å². The minimum Gasteiger partial charge on any atom is -0.303 e. The van der Waals surface area contributed by atoms with Gasteiger partial charge in [0.05, 0.1) is 0 Å². The SMILES string of the molecule is Cc1c(F)cc(SCCC=O)c(F)c1F. The van der Waals surface area contributed by atoms with Crippen LogP contribution in [0.2, 0.25) is 0 Å². The van der Waals surface area contributed by atoms with Gasteiger partial charge in [0.15, 0.2) is 11.6 Å². The van der Waals surface area contributed by atoms with E-state index in [2.05, 4.69) is 0 Å². The van der Waals surface area contributed by atoms with Crippen molar-refractivity contribution in [2.24, 2.45) is 0 Å².